The molecule has 6 heteroatoms. The van der Waals surface area contributed by atoms with Crippen molar-refractivity contribution in [3.63, 3.8) is 0 Å². The van der Waals surface area contributed by atoms with E-state index in [-0.39, 0.29) is 23.6 Å². The number of phenolic OH excluding ortho intramolecular Hbond substituents is 1. The zero-order valence-electron chi connectivity index (χ0n) is 16.4. The second-order valence-electron chi connectivity index (χ2n) is 7.58. The van der Waals surface area contributed by atoms with E-state index in [0.29, 0.717) is 12.1 Å². The van der Waals surface area contributed by atoms with Crippen LogP contribution in [-0.4, -0.2) is 36.7 Å². The monoisotopic (exact) mass is 367 g/mol. The van der Waals surface area contributed by atoms with E-state index in [1.165, 1.54) is 7.11 Å². The lowest BCUT2D eigenvalue weighted by molar-refractivity contribution is -0.140. The molecular weight excluding hydrogens is 342 g/mol. The van der Waals surface area contributed by atoms with Crippen LogP contribution in [0.25, 0.3) is 0 Å². The number of benzene rings is 1. The van der Waals surface area contributed by atoms with E-state index in [1.54, 1.807) is 12.1 Å². The zero-order chi connectivity index (χ0) is 19.8. The van der Waals surface area contributed by atoms with Crippen molar-refractivity contribution in [2.75, 3.05) is 19.2 Å². The highest BCUT2D eigenvalue weighted by atomic mass is 16.5. The second kappa shape index (κ2) is 7.02. The van der Waals surface area contributed by atoms with Crippen LogP contribution in [-0.2, 0) is 21.4 Å². The standard InChI is InChI=1S/C21H25N3O3/c1-21(2,3)14-12-13(10-11-17(25)27-5)18-19(20(14)26)24(18)23-16-9-7-6-8-15(16)22-4/h6-9,12,26H,10-11H2,1-5H3/b22-15?,23-16-. The molecule has 0 amide bonds. The first kappa shape index (κ1) is 18.9. The first-order valence-corrected chi connectivity index (χ1v) is 8.94. The highest BCUT2D eigenvalue weighted by Crippen LogP contribution is 2.59. The molecule has 0 unspecified atom stereocenters. The van der Waals surface area contributed by atoms with Gasteiger partial charge in [-0.15, -0.1) is 0 Å². The molecule has 0 saturated heterocycles. The van der Waals surface area contributed by atoms with Gasteiger partial charge in [-0.1, -0.05) is 32.9 Å². The third-order valence-electron chi connectivity index (χ3n) is 4.66. The summed E-state index contributed by atoms with van der Waals surface area (Å²) in [6.07, 6.45) is 8.41. The number of anilines is 2. The number of hydrogen-bond donors (Lipinski definition) is 1. The van der Waals surface area contributed by atoms with Crippen molar-refractivity contribution >= 4 is 28.8 Å². The minimum absolute atomic E-state index is 0.232. The Hall–Kier alpha value is -2.89. The van der Waals surface area contributed by atoms with Gasteiger partial charge in [-0.3, -0.25) is 9.79 Å². The highest BCUT2D eigenvalue weighted by molar-refractivity contribution is 6.51. The summed E-state index contributed by atoms with van der Waals surface area (Å²) in [5.41, 5.74) is 4.65. The van der Waals surface area contributed by atoms with Crippen molar-refractivity contribution < 1.29 is 14.6 Å². The van der Waals surface area contributed by atoms with Crippen LogP contribution in [0.15, 0.2) is 40.5 Å². The third-order valence-corrected chi connectivity index (χ3v) is 4.66. The Bertz CT molecular complexity index is 902. The maximum Gasteiger partial charge on any atom is 0.305 e. The average Bonchev–Trinajstić information content (AvgIpc) is 3.35. The number of rotatable bonds is 4. The first-order valence-electron chi connectivity index (χ1n) is 8.94. The fraction of sp³-hybridized carbons (Fsp3) is 0.381. The fourth-order valence-electron chi connectivity index (χ4n) is 3.14. The van der Waals surface area contributed by atoms with E-state index >= 15 is 0 Å². The van der Waals surface area contributed by atoms with E-state index in [0.717, 1.165) is 28.2 Å². The molecule has 1 heterocycles. The first-order chi connectivity index (χ1) is 12.8. The number of allylic oxidation sites excluding steroid dienone is 4. The summed E-state index contributed by atoms with van der Waals surface area (Å²) in [6.45, 7) is 6.15. The van der Waals surface area contributed by atoms with Crippen LogP contribution in [0.3, 0.4) is 0 Å². The Labute approximate surface area is 159 Å². The maximum absolute atomic E-state index is 11.6. The van der Waals surface area contributed by atoms with Gasteiger partial charge in [0.05, 0.1) is 18.5 Å². The molecule has 1 aromatic rings. The molecule has 6 nitrogen and oxygen atoms in total. The molecule has 0 aromatic heterocycles. The normalized spacial score (nSPS) is 18.2. The number of fused-ring (bicyclic) bond motifs is 1. The lowest BCUT2D eigenvalue weighted by Gasteiger charge is -2.20. The minimum Gasteiger partial charge on any atom is -0.505 e. The van der Waals surface area contributed by atoms with Crippen molar-refractivity contribution in [3.05, 3.63) is 41.5 Å². The topological polar surface area (TPSA) is 74.3 Å². The highest BCUT2D eigenvalue weighted by Gasteiger charge is 2.40. The van der Waals surface area contributed by atoms with E-state index < -0.39 is 0 Å². The summed E-state index contributed by atoms with van der Waals surface area (Å²) in [5, 5.41) is 17.2. The number of aliphatic imine (C=N–C) groups is 1. The van der Waals surface area contributed by atoms with Gasteiger partial charge < -0.3 is 9.84 Å². The number of nitrogens with zero attached hydrogens (tertiary/aromatic N) is 3. The Morgan fingerprint density at radius 1 is 1.19 bits per heavy atom. The molecule has 0 fully saturated rings. The third kappa shape index (κ3) is 3.65. The average molecular weight is 367 g/mol. The largest absolute Gasteiger partial charge is 0.505 e. The molecule has 1 aromatic carbocycles. The SMILES string of the molecule is CN=C1C=CC=C/C1=N/N1c2c(CCC(=O)OC)cc(C(C)(C)C)c(O)c21. The molecule has 27 heavy (non-hydrogen) atoms. The van der Waals surface area contributed by atoms with E-state index in [4.69, 9.17) is 4.74 Å². The predicted molar refractivity (Wildman–Crippen MR) is 108 cm³/mol. The smallest absolute Gasteiger partial charge is 0.305 e. The predicted octanol–water partition coefficient (Wildman–Crippen LogP) is 3.80. The maximum atomic E-state index is 11.6. The lowest BCUT2D eigenvalue weighted by atomic mass is 9.85. The van der Waals surface area contributed by atoms with Gasteiger partial charge in [-0.05, 0) is 35.6 Å². The van der Waals surface area contributed by atoms with Crippen LogP contribution in [0.2, 0.25) is 0 Å². The van der Waals surface area contributed by atoms with Gasteiger partial charge in [0, 0.05) is 19.0 Å². The van der Waals surface area contributed by atoms with Crippen LogP contribution >= 0.6 is 0 Å². The van der Waals surface area contributed by atoms with Crippen LogP contribution in [0, 0.1) is 0 Å². The van der Waals surface area contributed by atoms with Crippen LogP contribution < -0.4 is 5.01 Å². The number of carbonyl (C=O) groups is 1. The number of ether oxygens (including phenoxy) is 1. The van der Waals surface area contributed by atoms with Gasteiger partial charge in [0.2, 0.25) is 0 Å². The number of hydrazone groups is 1. The van der Waals surface area contributed by atoms with Gasteiger partial charge in [0.1, 0.15) is 17.1 Å². The molecule has 1 N–H and O–H groups in total. The Morgan fingerprint density at radius 3 is 2.44 bits per heavy atom. The number of aromatic hydroxyl groups is 1. The summed E-state index contributed by atoms with van der Waals surface area (Å²) in [6, 6.07) is 1.97. The quantitative estimate of drug-likeness (QED) is 0.499. The molecule has 0 bridgehead atoms. The molecule has 3 rings (SSSR count). The molecule has 0 saturated carbocycles. The lowest BCUT2D eigenvalue weighted by Crippen LogP contribution is -2.13. The number of aryl methyl sites for hydroxylation is 1. The molecule has 0 atom stereocenters. The van der Waals surface area contributed by atoms with Gasteiger partial charge in [0.25, 0.3) is 0 Å². The molecule has 0 radical (unpaired) electrons. The minimum atomic E-state index is -0.256. The summed E-state index contributed by atoms with van der Waals surface area (Å²) >= 11 is 0. The van der Waals surface area contributed by atoms with Crippen molar-refractivity contribution in [3.8, 4) is 5.75 Å². The molecule has 2 aliphatic rings. The van der Waals surface area contributed by atoms with Gasteiger partial charge in [-0.25, -0.2) is 5.01 Å². The summed E-state index contributed by atoms with van der Waals surface area (Å²) in [7, 11) is 3.11. The molecule has 1 aliphatic carbocycles. The van der Waals surface area contributed by atoms with Crippen LogP contribution in [0.4, 0.5) is 11.4 Å². The fourth-order valence-corrected chi connectivity index (χ4v) is 3.14. The van der Waals surface area contributed by atoms with Crippen molar-refractivity contribution in [2.45, 2.75) is 39.0 Å². The van der Waals surface area contributed by atoms with Gasteiger partial charge in [-0.2, -0.15) is 5.10 Å². The molecular formula is C21H25N3O3. The van der Waals surface area contributed by atoms with Crippen LogP contribution in [0.5, 0.6) is 5.75 Å². The van der Waals surface area contributed by atoms with Crippen molar-refractivity contribution in [1.29, 1.82) is 0 Å². The van der Waals surface area contributed by atoms with E-state index in [9.17, 15) is 9.90 Å². The molecule has 0 spiro atoms. The zero-order valence-corrected chi connectivity index (χ0v) is 16.4. The number of carbonyl (C=O) groups excluding carboxylic acids is 1. The molecule has 142 valence electrons. The van der Waals surface area contributed by atoms with E-state index in [2.05, 4.69) is 10.1 Å². The van der Waals surface area contributed by atoms with E-state index in [1.807, 2.05) is 51.1 Å². The Balaban J connectivity index is 2.01. The number of esters is 1. The summed E-state index contributed by atoms with van der Waals surface area (Å²) in [4.78, 5) is 15.8. The van der Waals surface area contributed by atoms with Gasteiger partial charge in [0.15, 0.2) is 0 Å². The summed E-state index contributed by atoms with van der Waals surface area (Å²) < 4.78 is 4.77. The number of methoxy groups -OCH3 is 1. The van der Waals surface area contributed by atoms with Crippen molar-refractivity contribution in [2.24, 2.45) is 10.1 Å². The summed E-state index contributed by atoms with van der Waals surface area (Å²) in [5.74, 6) is -0.0117. The second-order valence-corrected chi connectivity index (χ2v) is 7.58. The number of phenols is 1. The molecule has 1 aliphatic heterocycles. The van der Waals surface area contributed by atoms with Gasteiger partial charge >= 0.3 is 5.97 Å². The van der Waals surface area contributed by atoms with Crippen LogP contribution in [0.1, 0.15) is 38.3 Å². The Morgan fingerprint density at radius 2 is 1.85 bits per heavy atom. The van der Waals surface area contributed by atoms with Crippen molar-refractivity contribution in [1.82, 2.24) is 0 Å². The number of hydrogen-bond acceptors (Lipinski definition) is 6. The Kier molecular flexibility index (Phi) is 4.91.